The van der Waals surface area contributed by atoms with E-state index in [9.17, 15) is 9.59 Å². The highest BCUT2D eigenvalue weighted by molar-refractivity contribution is 6.01. The monoisotopic (exact) mass is 382 g/mol. The summed E-state index contributed by atoms with van der Waals surface area (Å²) in [6, 6.07) is 7.68. The largest absolute Gasteiger partial charge is 0.465 e. The van der Waals surface area contributed by atoms with Crippen molar-refractivity contribution in [2.24, 2.45) is 5.41 Å². The van der Waals surface area contributed by atoms with Crippen molar-refractivity contribution in [1.82, 2.24) is 10.2 Å². The normalized spacial score (nSPS) is 26.2. The minimum absolute atomic E-state index is 0.0621. The summed E-state index contributed by atoms with van der Waals surface area (Å²) >= 11 is 0. The van der Waals surface area contributed by atoms with Crippen LogP contribution in [0.2, 0.25) is 0 Å². The van der Waals surface area contributed by atoms with E-state index in [1.807, 2.05) is 37.3 Å². The van der Waals surface area contributed by atoms with E-state index in [1.54, 1.807) is 17.2 Å². The van der Waals surface area contributed by atoms with Crippen molar-refractivity contribution >= 4 is 18.0 Å². The van der Waals surface area contributed by atoms with Gasteiger partial charge in [-0.3, -0.25) is 9.59 Å². The molecule has 3 aliphatic rings. The van der Waals surface area contributed by atoms with Crippen molar-refractivity contribution in [3.8, 4) is 5.75 Å². The van der Waals surface area contributed by atoms with Crippen molar-refractivity contribution < 1.29 is 19.1 Å². The summed E-state index contributed by atoms with van der Waals surface area (Å²) in [6.07, 6.45) is 7.49. The molecule has 0 saturated carbocycles. The fraction of sp³-hybridized carbons (Fsp3) is 0.455. The Morgan fingerprint density at radius 3 is 3.07 bits per heavy atom. The Hall–Kier alpha value is -2.60. The highest BCUT2D eigenvalue weighted by atomic mass is 16.5. The van der Waals surface area contributed by atoms with Gasteiger partial charge in [-0.1, -0.05) is 18.2 Å². The number of hydrogen-bond donors (Lipinski definition) is 1. The zero-order chi connectivity index (χ0) is 19.6. The molecule has 0 unspecified atom stereocenters. The molecule has 2 atom stereocenters. The maximum absolute atomic E-state index is 13.3. The Kier molecular flexibility index (Phi) is 5.22. The number of nitrogens with zero attached hydrogens (tertiary/aromatic N) is 1. The average Bonchev–Trinajstić information content (AvgIpc) is 2.95. The van der Waals surface area contributed by atoms with Gasteiger partial charge in [0, 0.05) is 30.3 Å². The maximum atomic E-state index is 13.3. The molecule has 6 heteroatoms. The Morgan fingerprint density at radius 1 is 1.36 bits per heavy atom. The molecular formula is C22H26N2O4. The molecule has 3 aliphatic heterocycles. The van der Waals surface area contributed by atoms with Crippen LogP contribution in [0.3, 0.4) is 0 Å². The van der Waals surface area contributed by atoms with E-state index < -0.39 is 5.41 Å². The Bertz CT molecular complexity index is 832. The molecule has 1 N–H and O–H groups in total. The van der Waals surface area contributed by atoms with Gasteiger partial charge in [0.1, 0.15) is 11.2 Å². The zero-order valence-electron chi connectivity index (χ0n) is 16.1. The highest BCUT2D eigenvalue weighted by Gasteiger charge is 2.52. The molecule has 0 aromatic heterocycles. The SMILES string of the molecule is CCOC(=O)[C@@]12CCCN[C@H]1CCN(C(=O)C1=Cc3ccccc3OC=C1)C2. The number of esters is 1. The van der Waals surface area contributed by atoms with Crippen LogP contribution in [0, 0.1) is 5.41 Å². The zero-order valence-corrected chi connectivity index (χ0v) is 16.1. The molecule has 2 fully saturated rings. The van der Waals surface area contributed by atoms with Gasteiger partial charge < -0.3 is 19.7 Å². The Balaban J connectivity index is 1.60. The number of carbonyl (C=O) groups is 2. The van der Waals surface area contributed by atoms with Crippen LogP contribution in [-0.4, -0.2) is 49.1 Å². The summed E-state index contributed by atoms with van der Waals surface area (Å²) in [7, 11) is 0. The summed E-state index contributed by atoms with van der Waals surface area (Å²) < 4.78 is 11.0. The van der Waals surface area contributed by atoms with Crippen molar-refractivity contribution in [3.63, 3.8) is 0 Å². The third-order valence-corrected chi connectivity index (χ3v) is 5.91. The fourth-order valence-electron chi connectivity index (χ4n) is 4.50. The number of ether oxygens (including phenoxy) is 2. The van der Waals surface area contributed by atoms with Crippen LogP contribution in [0.4, 0.5) is 0 Å². The molecule has 0 radical (unpaired) electrons. The second kappa shape index (κ2) is 7.80. The number of rotatable bonds is 3. The number of likely N-dealkylation sites (tertiary alicyclic amines) is 1. The molecule has 3 heterocycles. The average molecular weight is 382 g/mol. The lowest BCUT2D eigenvalue weighted by molar-refractivity contribution is -0.165. The van der Waals surface area contributed by atoms with E-state index in [2.05, 4.69) is 5.32 Å². The van der Waals surface area contributed by atoms with E-state index >= 15 is 0 Å². The van der Waals surface area contributed by atoms with Crippen LogP contribution in [0.15, 0.2) is 42.2 Å². The summed E-state index contributed by atoms with van der Waals surface area (Å²) in [5.74, 6) is 0.452. The van der Waals surface area contributed by atoms with Gasteiger partial charge in [0.15, 0.2) is 0 Å². The third-order valence-electron chi connectivity index (χ3n) is 5.91. The molecule has 148 valence electrons. The van der Waals surface area contributed by atoms with Gasteiger partial charge in [-0.25, -0.2) is 0 Å². The van der Waals surface area contributed by atoms with Gasteiger partial charge in [-0.05, 0) is 50.9 Å². The molecule has 4 rings (SSSR count). The summed E-state index contributed by atoms with van der Waals surface area (Å²) in [6.45, 7) is 4.08. The predicted octanol–water partition coefficient (Wildman–Crippen LogP) is 2.51. The molecule has 0 spiro atoms. The number of amides is 1. The third kappa shape index (κ3) is 3.33. The van der Waals surface area contributed by atoms with E-state index in [4.69, 9.17) is 9.47 Å². The molecule has 2 saturated heterocycles. The fourth-order valence-corrected chi connectivity index (χ4v) is 4.50. The first kappa shape index (κ1) is 18.7. The number of piperidine rings is 2. The quantitative estimate of drug-likeness (QED) is 0.814. The smallest absolute Gasteiger partial charge is 0.315 e. The first-order valence-corrected chi connectivity index (χ1v) is 9.98. The first-order valence-electron chi connectivity index (χ1n) is 9.98. The number of benzene rings is 1. The van der Waals surface area contributed by atoms with Crippen molar-refractivity contribution in [3.05, 3.63) is 47.7 Å². The Labute approximate surface area is 165 Å². The molecule has 1 aromatic rings. The van der Waals surface area contributed by atoms with Crippen LogP contribution in [0.1, 0.15) is 31.7 Å². The van der Waals surface area contributed by atoms with Crippen LogP contribution < -0.4 is 10.1 Å². The predicted molar refractivity (Wildman–Crippen MR) is 105 cm³/mol. The van der Waals surface area contributed by atoms with Gasteiger partial charge in [0.25, 0.3) is 5.91 Å². The van der Waals surface area contributed by atoms with Crippen molar-refractivity contribution in [2.45, 2.75) is 32.2 Å². The first-order chi connectivity index (χ1) is 13.6. The minimum atomic E-state index is -0.661. The number of carbonyl (C=O) groups excluding carboxylic acids is 2. The van der Waals surface area contributed by atoms with Gasteiger partial charge in [-0.15, -0.1) is 0 Å². The lowest BCUT2D eigenvalue weighted by atomic mass is 9.70. The lowest BCUT2D eigenvalue weighted by Crippen LogP contribution is -2.64. The molecule has 6 nitrogen and oxygen atoms in total. The van der Waals surface area contributed by atoms with E-state index in [-0.39, 0.29) is 17.9 Å². The van der Waals surface area contributed by atoms with Crippen LogP contribution in [0.25, 0.3) is 6.08 Å². The second-order valence-electron chi connectivity index (χ2n) is 7.56. The number of para-hydroxylation sites is 1. The number of nitrogens with one attached hydrogen (secondary N) is 1. The van der Waals surface area contributed by atoms with E-state index in [0.29, 0.717) is 25.3 Å². The summed E-state index contributed by atoms with van der Waals surface area (Å²) in [5.41, 5.74) is 0.766. The molecule has 28 heavy (non-hydrogen) atoms. The maximum Gasteiger partial charge on any atom is 0.315 e. The van der Waals surface area contributed by atoms with Crippen molar-refractivity contribution in [2.75, 3.05) is 26.2 Å². The summed E-state index contributed by atoms with van der Waals surface area (Å²) in [5, 5.41) is 3.48. The number of fused-ring (bicyclic) bond motifs is 2. The standard InChI is InChI=1S/C22H26N2O4/c1-2-27-21(26)22-10-5-11-23-19(22)8-12-24(15-22)20(25)17-9-13-28-18-7-4-3-6-16(18)14-17/h3-4,6-7,9,13-14,19,23H,2,5,8,10-12,15H2,1H3/t19-,22+/m0/s1. The summed E-state index contributed by atoms with van der Waals surface area (Å²) in [4.78, 5) is 28.0. The molecular weight excluding hydrogens is 356 g/mol. The Morgan fingerprint density at radius 2 is 2.21 bits per heavy atom. The van der Waals surface area contributed by atoms with Crippen LogP contribution >= 0.6 is 0 Å². The second-order valence-corrected chi connectivity index (χ2v) is 7.56. The van der Waals surface area contributed by atoms with Crippen LogP contribution in [-0.2, 0) is 14.3 Å². The van der Waals surface area contributed by atoms with E-state index in [1.165, 1.54) is 0 Å². The highest BCUT2D eigenvalue weighted by Crippen LogP contribution is 2.39. The molecule has 0 bridgehead atoms. The number of hydrogen-bond acceptors (Lipinski definition) is 5. The van der Waals surface area contributed by atoms with E-state index in [0.717, 1.165) is 37.1 Å². The molecule has 1 amide bonds. The van der Waals surface area contributed by atoms with Gasteiger partial charge in [-0.2, -0.15) is 0 Å². The van der Waals surface area contributed by atoms with Crippen LogP contribution in [0.5, 0.6) is 5.75 Å². The lowest BCUT2D eigenvalue weighted by Gasteiger charge is -2.49. The topological polar surface area (TPSA) is 67.9 Å². The van der Waals surface area contributed by atoms with Gasteiger partial charge in [0.2, 0.25) is 0 Å². The van der Waals surface area contributed by atoms with Gasteiger partial charge >= 0.3 is 5.97 Å². The van der Waals surface area contributed by atoms with Gasteiger partial charge in [0.05, 0.1) is 12.9 Å². The molecule has 1 aromatic carbocycles. The van der Waals surface area contributed by atoms with Crippen molar-refractivity contribution in [1.29, 1.82) is 0 Å². The molecule has 0 aliphatic carbocycles. The minimum Gasteiger partial charge on any atom is -0.465 e.